The lowest BCUT2D eigenvalue weighted by molar-refractivity contribution is -0.241. The third-order valence-electron chi connectivity index (χ3n) is 8.96. The summed E-state index contributed by atoms with van der Waals surface area (Å²) in [6, 6.07) is 0. The highest BCUT2D eigenvalue weighted by Gasteiger charge is 2.74. The van der Waals surface area contributed by atoms with Gasteiger partial charge < -0.3 is 14.6 Å². The molecule has 3 saturated carbocycles. The summed E-state index contributed by atoms with van der Waals surface area (Å²) in [5.74, 6) is 1.07. The molecule has 1 spiro atoms. The quantitative estimate of drug-likeness (QED) is 0.689. The van der Waals surface area contributed by atoms with E-state index >= 15 is 0 Å². The van der Waals surface area contributed by atoms with Crippen LogP contribution in [0.4, 0.5) is 0 Å². The van der Waals surface area contributed by atoms with Gasteiger partial charge in [0, 0.05) is 11.3 Å². The monoisotopic (exact) mass is 334 g/mol. The molecule has 8 atom stereocenters. The second-order valence-electron chi connectivity index (χ2n) is 10.1. The summed E-state index contributed by atoms with van der Waals surface area (Å²) in [5.41, 5.74) is 0.353. The van der Waals surface area contributed by atoms with E-state index in [-0.39, 0.29) is 28.6 Å². The lowest BCUT2D eigenvalue weighted by atomic mass is 9.38. The van der Waals surface area contributed by atoms with Gasteiger partial charge in [-0.3, -0.25) is 4.79 Å². The number of carbonyl (C=O) groups is 1. The van der Waals surface area contributed by atoms with Gasteiger partial charge in [-0.1, -0.05) is 27.2 Å². The van der Waals surface area contributed by atoms with Gasteiger partial charge >= 0.3 is 5.97 Å². The minimum absolute atomic E-state index is 0.0554. The van der Waals surface area contributed by atoms with Gasteiger partial charge in [0.2, 0.25) is 6.29 Å². The number of ether oxygens (including phenoxy) is 2. The molecule has 0 radical (unpaired) electrons. The van der Waals surface area contributed by atoms with E-state index in [2.05, 4.69) is 20.8 Å². The molecule has 0 aromatic rings. The van der Waals surface area contributed by atoms with Gasteiger partial charge in [-0.2, -0.15) is 0 Å². The molecule has 3 aliphatic carbocycles. The number of hydrogen-bond acceptors (Lipinski definition) is 4. The molecule has 24 heavy (non-hydrogen) atoms. The molecule has 5 fully saturated rings. The Labute approximate surface area is 144 Å². The normalized spacial score (nSPS) is 57.8. The van der Waals surface area contributed by atoms with Gasteiger partial charge in [0.15, 0.2) is 6.29 Å². The zero-order valence-electron chi connectivity index (χ0n) is 15.1. The third kappa shape index (κ3) is 1.61. The maximum Gasteiger partial charge on any atom is 0.311 e. The first-order chi connectivity index (χ1) is 11.3. The molecular formula is C20H30O4. The summed E-state index contributed by atoms with van der Waals surface area (Å²) >= 11 is 0. The Hall–Kier alpha value is -0.610. The predicted octanol–water partition coefficient (Wildman–Crippen LogP) is 3.47. The van der Waals surface area contributed by atoms with Gasteiger partial charge in [-0.15, -0.1) is 0 Å². The molecule has 0 aromatic heterocycles. The summed E-state index contributed by atoms with van der Waals surface area (Å²) in [5, 5.41) is 10.9. The zero-order chi connectivity index (χ0) is 16.9. The average molecular weight is 334 g/mol. The molecule has 5 aliphatic rings. The number of fused-ring (bicyclic) bond motifs is 2. The first-order valence-corrected chi connectivity index (χ1v) is 9.85. The van der Waals surface area contributed by atoms with Crippen LogP contribution in [0.5, 0.6) is 0 Å². The molecule has 4 heteroatoms. The molecule has 4 nitrogen and oxygen atoms in total. The van der Waals surface area contributed by atoms with Crippen LogP contribution in [0.1, 0.15) is 65.7 Å². The van der Waals surface area contributed by atoms with Crippen molar-refractivity contribution in [3.05, 3.63) is 0 Å². The van der Waals surface area contributed by atoms with E-state index in [0.717, 1.165) is 25.7 Å². The molecule has 0 amide bonds. The summed E-state index contributed by atoms with van der Waals surface area (Å²) in [6.07, 6.45) is 6.63. The van der Waals surface area contributed by atoms with Crippen LogP contribution in [0.15, 0.2) is 0 Å². The van der Waals surface area contributed by atoms with Crippen LogP contribution in [0.25, 0.3) is 0 Å². The molecule has 2 aliphatic heterocycles. The fraction of sp³-hybridized carbons (Fsp3) is 0.950. The maximum absolute atomic E-state index is 12.3. The van der Waals surface area contributed by atoms with E-state index in [1.165, 1.54) is 19.3 Å². The molecule has 134 valence electrons. The number of hydrogen-bond donors (Lipinski definition) is 1. The topological polar surface area (TPSA) is 55.8 Å². The van der Waals surface area contributed by atoms with E-state index in [4.69, 9.17) is 9.47 Å². The molecule has 0 bridgehead atoms. The van der Waals surface area contributed by atoms with Crippen molar-refractivity contribution >= 4 is 5.97 Å². The summed E-state index contributed by atoms with van der Waals surface area (Å²) in [7, 11) is 0. The van der Waals surface area contributed by atoms with Gasteiger partial charge in [0.1, 0.15) is 0 Å². The number of rotatable bonds is 0. The van der Waals surface area contributed by atoms with Crippen molar-refractivity contribution in [1.82, 2.24) is 0 Å². The minimum Gasteiger partial charge on any atom is -0.435 e. The second-order valence-corrected chi connectivity index (χ2v) is 10.1. The van der Waals surface area contributed by atoms with Gasteiger partial charge in [-0.25, -0.2) is 0 Å². The Morgan fingerprint density at radius 2 is 1.83 bits per heavy atom. The first kappa shape index (κ1) is 15.6. The van der Waals surface area contributed by atoms with Crippen molar-refractivity contribution in [2.45, 2.75) is 78.3 Å². The van der Waals surface area contributed by atoms with Crippen LogP contribution in [0.2, 0.25) is 0 Å². The van der Waals surface area contributed by atoms with E-state index in [1.807, 2.05) is 0 Å². The summed E-state index contributed by atoms with van der Waals surface area (Å²) in [4.78, 5) is 12.3. The maximum atomic E-state index is 12.3. The lowest BCUT2D eigenvalue weighted by Gasteiger charge is -2.65. The Balaban J connectivity index is 1.61. The lowest BCUT2D eigenvalue weighted by Crippen LogP contribution is -2.62. The number of esters is 1. The average Bonchev–Trinajstić information content (AvgIpc) is 2.96. The van der Waals surface area contributed by atoms with Crippen LogP contribution in [0.3, 0.4) is 0 Å². The van der Waals surface area contributed by atoms with Crippen molar-refractivity contribution in [3.8, 4) is 0 Å². The SMILES string of the molecule is CC1(C)CCC[C@]2(C)C3CC[C@H]4C(=O)OC5O[C@@H](O)C3(CC[C@@H]12)[C@H]54. The van der Waals surface area contributed by atoms with Crippen molar-refractivity contribution in [1.29, 1.82) is 0 Å². The highest BCUT2D eigenvalue weighted by atomic mass is 16.8. The smallest absolute Gasteiger partial charge is 0.311 e. The highest BCUT2D eigenvalue weighted by Crippen LogP contribution is 2.73. The summed E-state index contributed by atoms with van der Waals surface area (Å²) < 4.78 is 11.3. The Bertz CT molecular complexity index is 586. The Morgan fingerprint density at radius 1 is 1.04 bits per heavy atom. The molecule has 3 unspecified atom stereocenters. The van der Waals surface area contributed by atoms with Gasteiger partial charge in [-0.05, 0) is 61.2 Å². The van der Waals surface area contributed by atoms with Crippen LogP contribution < -0.4 is 0 Å². The minimum atomic E-state index is -0.767. The Kier molecular flexibility index (Phi) is 2.97. The van der Waals surface area contributed by atoms with Crippen molar-refractivity contribution in [3.63, 3.8) is 0 Å². The van der Waals surface area contributed by atoms with Crippen molar-refractivity contribution in [2.75, 3.05) is 0 Å². The number of aliphatic hydroxyl groups excluding tert-OH is 1. The Morgan fingerprint density at radius 3 is 2.62 bits per heavy atom. The fourth-order valence-corrected chi connectivity index (χ4v) is 8.19. The largest absolute Gasteiger partial charge is 0.435 e. The van der Waals surface area contributed by atoms with E-state index in [9.17, 15) is 9.90 Å². The van der Waals surface area contributed by atoms with Crippen LogP contribution in [0, 0.1) is 39.9 Å². The van der Waals surface area contributed by atoms with E-state index in [0.29, 0.717) is 17.3 Å². The van der Waals surface area contributed by atoms with Crippen LogP contribution >= 0.6 is 0 Å². The highest BCUT2D eigenvalue weighted by molar-refractivity contribution is 5.75. The molecule has 2 saturated heterocycles. The molecule has 1 N–H and O–H groups in total. The molecule has 2 heterocycles. The van der Waals surface area contributed by atoms with Crippen molar-refractivity contribution in [2.24, 2.45) is 39.9 Å². The van der Waals surface area contributed by atoms with Crippen LogP contribution in [-0.2, 0) is 14.3 Å². The fourth-order valence-electron chi connectivity index (χ4n) is 8.19. The van der Waals surface area contributed by atoms with Gasteiger partial charge in [0.25, 0.3) is 0 Å². The van der Waals surface area contributed by atoms with E-state index in [1.54, 1.807) is 0 Å². The second kappa shape index (κ2) is 4.56. The first-order valence-electron chi connectivity index (χ1n) is 9.85. The number of carbonyl (C=O) groups excluding carboxylic acids is 1. The third-order valence-corrected chi connectivity index (χ3v) is 8.96. The summed E-state index contributed by atoms with van der Waals surface area (Å²) in [6.45, 7) is 7.35. The van der Waals surface area contributed by atoms with E-state index < -0.39 is 12.6 Å². The molecule has 0 aromatic carbocycles. The zero-order valence-corrected chi connectivity index (χ0v) is 15.1. The predicted molar refractivity (Wildman–Crippen MR) is 87.6 cm³/mol. The van der Waals surface area contributed by atoms with Crippen molar-refractivity contribution < 1.29 is 19.4 Å². The number of aliphatic hydroxyl groups is 1. The standard InChI is InChI=1S/C20H30O4/c1-18(2)8-4-9-19(3)12(18)7-10-20-13(19)6-5-11-14(20)16(23-15(11)21)24-17(20)22/h11-14,16-17,22H,4-10H2,1-3H3/t11-,12+,13?,14+,16?,17-,19+,20?/m1/s1. The molecule has 5 rings (SSSR count). The molecular weight excluding hydrogens is 304 g/mol. The van der Waals surface area contributed by atoms with Crippen LogP contribution in [-0.4, -0.2) is 23.7 Å². The van der Waals surface area contributed by atoms with Gasteiger partial charge in [0.05, 0.1) is 5.92 Å².